The number of hydrazine groups is 1. The number of rotatable bonds is 6. The Bertz CT molecular complexity index is 939. The topological polar surface area (TPSA) is 115 Å². The van der Waals surface area contributed by atoms with Crippen LogP contribution in [0.4, 0.5) is 5.82 Å². The zero-order chi connectivity index (χ0) is 23.1. The van der Waals surface area contributed by atoms with Gasteiger partial charge in [0.25, 0.3) is 0 Å². The summed E-state index contributed by atoms with van der Waals surface area (Å²) in [5.41, 5.74) is 4.49. The highest BCUT2D eigenvalue weighted by Gasteiger charge is 2.42. The highest BCUT2D eigenvalue weighted by molar-refractivity contribution is 5.78. The number of nitrogens with one attached hydrogen (secondary N) is 2. The number of hydrogen-bond acceptors (Lipinski definition) is 8. The van der Waals surface area contributed by atoms with E-state index in [1.807, 2.05) is 6.07 Å². The van der Waals surface area contributed by atoms with Gasteiger partial charge in [0, 0.05) is 44.1 Å². The molecule has 2 saturated heterocycles. The number of aromatic nitrogens is 2. The van der Waals surface area contributed by atoms with Crippen LogP contribution in [0.1, 0.15) is 51.1 Å². The Hall–Kier alpha value is -2.49. The molecule has 2 aliphatic carbocycles. The minimum Gasteiger partial charge on any atom is -0.492 e. The normalized spacial score (nSPS) is 28.1. The summed E-state index contributed by atoms with van der Waals surface area (Å²) >= 11 is 0. The van der Waals surface area contributed by atoms with Crippen LogP contribution < -0.4 is 21.5 Å². The zero-order valence-corrected chi connectivity index (χ0v) is 19.3. The predicted molar refractivity (Wildman–Crippen MR) is 125 cm³/mol. The molecular weight excluding hydrogens is 420 g/mol. The van der Waals surface area contributed by atoms with E-state index in [0.29, 0.717) is 6.54 Å². The number of morpholine rings is 1. The number of amides is 1. The molecule has 0 radical (unpaired) electrons. The van der Waals surface area contributed by atoms with E-state index in [9.17, 15) is 4.79 Å². The van der Waals surface area contributed by atoms with Gasteiger partial charge in [-0.1, -0.05) is 6.58 Å². The summed E-state index contributed by atoms with van der Waals surface area (Å²) in [7, 11) is 0. The van der Waals surface area contributed by atoms with Gasteiger partial charge in [-0.15, -0.1) is 0 Å². The molecule has 0 bridgehead atoms. The quantitative estimate of drug-likeness (QED) is 0.439. The van der Waals surface area contributed by atoms with Crippen LogP contribution in [0, 0.1) is 5.92 Å². The molecule has 3 heterocycles. The van der Waals surface area contributed by atoms with Crippen molar-refractivity contribution in [2.75, 3.05) is 31.1 Å². The van der Waals surface area contributed by atoms with Crippen LogP contribution in [-0.4, -0.2) is 59.4 Å². The average molecular weight is 455 g/mol. The van der Waals surface area contributed by atoms with Gasteiger partial charge in [-0.2, -0.15) is 0 Å². The molecule has 9 heteroatoms. The maximum atomic E-state index is 11.4. The van der Waals surface area contributed by atoms with Crippen LogP contribution in [0.2, 0.25) is 0 Å². The maximum absolute atomic E-state index is 11.4. The number of nitrogens with two attached hydrogens (primary N) is 1. The van der Waals surface area contributed by atoms with Gasteiger partial charge in [-0.25, -0.2) is 9.97 Å². The van der Waals surface area contributed by atoms with Crippen molar-refractivity contribution in [2.45, 2.75) is 62.7 Å². The first-order valence-electron chi connectivity index (χ1n) is 11.9. The lowest BCUT2D eigenvalue weighted by Gasteiger charge is -2.44. The second-order valence-corrected chi connectivity index (χ2v) is 10.1. The Morgan fingerprint density at radius 2 is 2.12 bits per heavy atom. The first-order valence-corrected chi connectivity index (χ1v) is 11.9. The lowest BCUT2D eigenvalue weighted by Crippen LogP contribution is -2.57. The standard InChI is InChI=1S/C24H34N6O3/c1-16(18-11-17(3-4-19(18)29-25)33-23(2)5-6-23)20-12-21(28-15-27-20)30-9-7-24(8-10-30)14-26-22(31)13-32-24/h3,12,15,18-19,29H,1,4-11,13-14,25H2,2H3,(H,26,31)/t18-,19-/m1/s1. The molecule has 0 unspecified atom stereocenters. The van der Waals surface area contributed by atoms with E-state index in [1.54, 1.807) is 6.33 Å². The zero-order valence-electron chi connectivity index (χ0n) is 19.3. The van der Waals surface area contributed by atoms with Crippen molar-refractivity contribution in [3.05, 3.63) is 36.5 Å². The Morgan fingerprint density at radius 3 is 2.79 bits per heavy atom. The van der Waals surface area contributed by atoms with Crippen LogP contribution in [0.5, 0.6) is 0 Å². The maximum Gasteiger partial charge on any atom is 0.246 e. The lowest BCUT2D eigenvalue weighted by atomic mass is 9.81. The third-order valence-electron chi connectivity index (χ3n) is 7.60. The number of hydrogen-bond donors (Lipinski definition) is 3. The molecule has 1 aromatic rings. The molecule has 33 heavy (non-hydrogen) atoms. The number of allylic oxidation sites excluding steroid dienone is 1. The summed E-state index contributed by atoms with van der Waals surface area (Å²) < 4.78 is 12.1. The van der Waals surface area contributed by atoms with Crippen molar-refractivity contribution in [1.82, 2.24) is 20.7 Å². The largest absolute Gasteiger partial charge is 0.492 e. The number of anilines is 1. The van der Waals surface area contributed by atoms with Crippen LogP contribution >= 0.6 is 0 Å². The fraction of sp³-hybridized carbons (Fsp3) is 0.625. The molecule has 0 aromatic carbocycles. The van der Waals surface area contributed by atoms with Crippen molar-refractivity contribution < 1.29 is 14.3 Å². The minimum atomic E-state index is -0.257. The molecule has 9 nitrogen and oxygen atoms in total. The first kappa shape index (κ1) is 22.3. The number of carbonyl (C=O) groups excluding carboxylic acids is 1. The molecule has 3 fully saturated rings. The third kappa shape index (κ3) is 4.76. The van der Waals surface area contributed by atoms with Crippen LogP contribution in [0.3, 0.4) is 0 Å². The summed E-state index contributed by atoms with van der Waals surface area (Å²) in [5, 5.41) is 2.94. The summed E-state index contributed by atoms with van der Waals surface area (Å²) in [6, 6.07) is 2.11. The van der Waals surface area contributed by atoms with E-state index in [0.717, 1.165) is 74.5 Å². The monoisotopic (exact) mass is 454 g/mol. The third-order valence-corrected chi connectivity index (χ3v) is 7.60. The fourth-order valence-corrected chi connectivity index (χ4v) is 5.02. The van der Waals surface area contributed by atoms with Gasteiger partial charge in [-0.3, -0.25) is 16.1 Å². The first-order chi connectivity index (χ1) is 15.9. The minimum absolute atomic E-state index is 0.000731. The Morgan fingerprint density at radius 1 is 1.33 bits per heavy atom. The summed E-state index contributed by atoms with van der Waals surface area (Å²) in [6.07, 6.45) is 9.24. The van der Waals surface area contributed by atoms with E-state index >= 15 is 0 Å². The van der Waals surface area contributed by atoms with Crippen molar-refractivity contribution in [3.8, 4) is 0 Å². The van der Waals surface area contributed by atoms with E-state index in [-0.39, 0.29) is 35.7 Å². The highest BCUT2D eigenvalue weighted by atomic mass is 16.5. The van der Waals surface area contributed by atoms with Crippen LogP contribution in [0.15, 0.2) is 30.8 Å². The second kappa shape index (κ2) is 8.70. The van der Waals surface area contributed by atoms with Crippen molar-refractivity contribution in [1.29, 1.82) is 0 Å². The predicted octanol–water partition coefficient (Wildman–Crippen LogP) is 1.67. The van der Waals surface area contributed by atoms with Gasteiger partial charge in [0.1, 0.15) is 24.4 Å². The molecule has 5 rings (SSSR count). The van der Waals surface area contributed by atoms with E-state index in [1.165, 1.54) is 0 Å². The van der Waals surface area contributed by atoms with Crippen LogP contribution in [0.25, 0.3) is 5.57 Å². The number of carbonyl (C=O) groups is 1. The average Bonchev–Trinajstić information content (AvgIpc) is 3.57. The molecule has 178 valence electrons. The molecule has 2 atom stereocenters. The van der Waals surface area contributed by atoms with E-state index in [4.69, 9.17) is 15.3 Å². The Balaban J connectivity index is 1.26. The molecule has 1 amide bonds. The van der Waals surface area contributed by atoms with E-state index < -0.39 is 0 Å². The van der Waals surface area contributed by atoms with Gasteiger partial charge in [-0.05, 0) is 50.7 Å². The van der Waals surface area contributed by atoms with Crippen molar-refractivity contribution in [3.63, 3.8) is 0 Å². The summed E-state index contributed by atoms with van der Waals surface area (Å²) in [5.74, 6) is 7.86. The van der Waals surface area contributed by atoms with Gasteiger partial charge < -0.3 is 19.7 Å². The van der Waals surface area contributed by atoms with Gasteiger partial charge >= 0.3 is 0 Å². The van der Waals surface area contributed by atoms with Gasteiger partial charge in [0.15, 0.2) is 0 Å². The van der Waals surface area contributed by atoms with Gasteiger partial charge in [0.05, 0.1) is 17.1 Å². The molecule has 2 aliphatic heterocycles. The molecule has 4 aliphatic rings. The highest BCUT2D eigenvalue weighted by Crippen LogP contribution is 2.44. The number of ether oxygens (including phenoxy) is 2. The Kier molecular flexibility index (Phi) is 5.88. The Labute approximate surface area is 194 Å². The number of piperidine rings is 1. The summed E-state index contributed by atoms with van der Waals surface area (Å²) in [4.78, 5) is 22.8. The van der Waals surface area contributed by atoms with Crippen LogP contribution in [-0.2, 0) is 14.3 Å². The molecule has 4 N–H and O–H groups in total. The SMILES string of the molecule is C=C(c1cc(N2CCC3(CC2)CNC(=O)CO3)ncn1)[C@H]1CC(OC2(C)CC2)=CC[C@H]1NN. The lowest BCUT2D eigenvalue weighted by molar-refractivity contribution is -0.146. The second-order valence-electron chi connectivity index (χ2n) is 10.1. The summed E-state index contributed by atoms with van der Waals surface area (Å²) in [6.45, 7) is 8.93. The smallest absolute Gasteiger partial charge is 0.246 e. The molecule has 1 aromatic heterocycles. The molecule has 1 saturated carbocycles. The van der Waals surface area contributed by atoms with Gasteiger partial charge in [0.2, 0.25) is 5.91 Å². The van der Waals surface area contributed by atoms with Crippen molar-refractivity contribution >= 4 is 17.3 Å². The molecule has 1 spiro atoms. The van der Waals surface area contributed by atoms with E-state index in [2.05, 4.69) is 45.2 Å². The fourth-order valence-electron chi connectivity index (χ4n) is 5.02. The van der Waals surface area contributed by atoms with Crippen molar-refractivity contribution in [2.24, 2.45) is 11.8 Å². The number of nitrogens with zero attached hydrogens (tertiary/aromatic N) is 3. The molecular formula is C24H34N6O3.